The lowest BCUT2D eigenvalue weighted by Gasteiger charge is -2.36. The zero-order valence-electron chi connectivity index (χ0n) is 13.2. The maximum absolute atomic E-state index is 12.8. The average Bonchev–Trinajstić information content (AvgIpc) is 2.61. The molecule has 5 nitrogen and oxygen atoms in total. The van der Waals surface area contributed by atoms with Gasteiger partial charge in [-0.2, -0.15) is 0 Å². The van der Waals surface area contributed by atoms with Crippen LogP contribution in [0.2, 0.25) is 0 Å². The number of amides is 1. The monoisotopic (exact) mass is 330 g/mol. The highest BCUT2D eigenvalue weighted by molar-refractivity contribution is 5.78. The van der Waals surface area contributed by atoms with Gasteiger partial charge in [0.1, 0.15) is 17.3 Å². The molecule has 0 atom stereocenters. The van der Waals surface area contributed by atoms with E-state index in [9.17, 15) is 14.3 Å². The Kier molecular flexibility index (Phi) is 4.84. The van der Waals surface area contributed by atoms with E-state index in [1.165, 1.54) is 24.3 Å². The van der Waals surface area contributed by atoms with Crippen molar-refractivity contribution < 1.29 is 19.0 Å². The Morgan fingerprint density at radius 1 is 1.04 bits per heavy atom. The van der Waals surface area contributed by atoms with Crippen molar-refractivity contribution in [3.05, 3.63) is 54.3 Å². The first-order chi connectivity index (χ1) is 11.6. The van der Waals surface area contributed by atoms with Crippen LogP contribution in [-0.2, 0) is 4.79 Å². The number of nitrogens with zero attached hydrogens (tertiary/aromatic N) is 2. The first-order valence-electron chi connectivity index (χ1n) is 7.82. The molecule has 1 aliphatic heterocycles. The predicted molar refractivity (Wildman–Crippen MR) is 88.8 cm³/mol. The highest BCUT2D eigenvalue weighted by Crippen LogP contribution is 2.27. The number of hydrogen-bond acceptors (Lipinski definition) is 4. The molecule has 0 aromatic heterocycles. The third-order valence-corrected chi connectivity index (χ3v) is 4.03. The Labute approximate surface area is 139 Å². The molecule has 0 spiro atoms. The zero-order valence-corrected chi connectivity index (χ0v) is 13.2. The van der Waals surface area contributed by atoms with Gasteiger partial charge in [-0.3, -0.25) is 4.79 Å². The first-order valence-corrected chi connectivity index (χ1v) is 7.82. The second-order valence-electron chi connectivity index (χ2n) is 5.60. The summed E-state index contributed by atoms with van der Waals surface area (Å²) in [5.41, 5.74) is 0.784. The van der Waals surface area contributed by atoms with Gasteiger partial charge in [-0.15, -0.1) is 0 Å². The molecular formula is C18H19FN2O3. The minimum Gasteiger partial charge on any atom is -0.506 e. The quantitative estimate of drug-likeness (QED) is 0.934. The Hall–Kier alpha value is -2.76. The Balaban J connectivity index is 1.50. The number of ether oxygens (including phenoxy) is 1. The van der Waals surface area contributed by atoms with Crippen LogP contribution in [0, 0.1) is 5.82 Å². The highest BCUT2D eigenvalue weighted by Gasteiger charge is 2.22. The topological polar surface area (TPSA) is 53.0 Å². The summed E-state index contributed by atoms with van der Waals surface area (Å²) < 4.78 is 18.2. The molecule has 2 aromatic carbocycles. The molecular weight excluding hydrogens is 311 g/mol. The number of para-hydroxylation sites is 2. The molecule has 0 aliphatic carbocycles. The summed E-state index contributed by atoms with van der Waals surface area (Å²) in [5.74, 6) is 0.278. The molecule has 126 valence electrons. The van der Waals surface area contributed by atoms with Gasteiger partial charge in [0.05, 0.1) is 5.69 Å². The number of halogens is 1. The third-order valence-electron chi connectivity index (χ3n) is 4.03. The van der Waals surface area contributed by atoms with Crippen LogP contribution in [0.15, 0.2) is 48.5 Å². The number of hydrogen-bond donors (Lipinski definition) is 1. The van der Waals surface area contributed by atoms with E-state index in [4.69, 9.17) is 4.74 Å². The lowest BCUT2D eigenvalue weighted by Crippen LogP contribution is -2.50. The number of phenols is 1. The molecule has 1 heterocycles. The second kappa shape index (κ2) is 7.21. The third kappa shape index (κ3) is 3.76. The van der Waals surface area contributed by atoms with Crippen molar-refractivity contribution >= 4 is 11.6 Å². The lowest BCUT2D eigenvalue weighted by molar-refractivity contribution is -0.133. The van der Waals surface area contributed by atoms with Crippen LogP contribution in [0.4, 0.5) is 10.1 Å². The first kappa shape index (κ1) is 16.1. The Morgan fingerprint density at radius 2 is 1.71 bits per heavy atom. The van der Waals surface area contributed by atoms with Crippen LogP contribution in [0.25, 0.3) is 0 Å². The predicted octanol–water partition coefficient (Wildman–Crippen LogP) is 2.26. The number of piperazine rings is 1. The fourth-order valence-corrected chi connectivity index (χ4v) is 2.70. The van der Waals surface area contributed by atoms with Gasteiger partial charge in [0.2, 0.25) is 0 Å². The molecule has 1 saturated heterocycles. The van der Waals surface area contributed by atoms with E-state index in [-0.39, 0.29) is 24.1 Å². The number of aromatic hydroxyl groups is 1. The molecule has 1 fully saturated rings. The summed E-state index contributed by atoms with van der Waals surface area (Å²) in [6, 6.07) is 12.8. The summed E-state index contributed by atoms with van der Waals surface area (Å²) in [7, 11) is 0. The molecule has 1 N–H and O–H groups in total. The van der Waals surface area contributed by atoms with E-state index in [1.807, 2.05) is 12.1 Å². The van der Waals surface area contributed by atoms with Gasteiger partial charge >= 0.3 is 0 Å². The number of benzene rings is 2. The summed E-state index contributed by atoms with van der Waals surface area (Å²) in [6.07, 6.45) is 0. The molecule has 0 radical (unpaired) electrons. The average molecular weight is 330 g/mol. The van der Waals surface area contributed by atoms with Crippen molar-refractivity contribution in [2.75, 3.05) is 37.7 Å². The van der Waals surface area contributed by atoms with Crippen LogP contribution >= 0.6 is 0 Å². The van der Waals surface area contributed by atoms with Crippen molar-refractivity contribution in [3.8, 4) is 11.5 Å². The van der Waals surface area contributed by atoms with Gasteiger partial charge in [-0.1, -0.05) is 12.1 Å². The molecule has 1 amide bonds. The van der Waals surface area contributed by atoms with Crippen molar-refractivity contribution in [3.63, 3.8) is 0 Å². The maximum Gasteiger partial charge on any atom is 0.260 e. The van der Waals surface area contributed by atoms with Crippen LogP contribution < -0.4 is 9.64 Å². The minimum absolute atomic E-state index is 0.0672. The van der Waals surface area contributed by atoms with E-state index < -0.39 is 0 Å². The van der Waals surface area contributed by atoms with E-state index in [1.54, 1.807) is 17.0 Å². The van der Waals surface area contributed by atoms with Crippen molar-refractivity contribution in [2.45, 2.75) is 0 Å². The fraction of sp³-hybridized carbons (Fsp3) is 0.278. The van der Waals surface area contributed by atoms with Gasteiger partial charge in [-0.25, -0.2) is 4.39 Å². The van der Waals surface area contributed by atoms with Gasteiger partial charge < -0.3 is 19.6 Å². The number of carbonyl (C=O) groups excluding carboxylic acids is 1. The molecule has 6 heteroatoms. The molecule has 0 bridgehead atoms. The minimum atomic E-state index is -0.339. The van der Waals surface area contributed by atoms with Crippen LogP contribution in [0.1, 0.15) is 0 Å². The van der Waals surface area contributed by atoms with Crippen LogP contribution in [-0.4, -0.2) is 48.7 Å². The Bertz CT molecular complexity index is 698. The van der Waals surface area contributed by atoms with Gasteiger partial charge in [-0.05, 0) is 36.4 Å². The van der Waals surface area contributed by atoms with Crippen molar-refractivity contribution in [1.82, 2.24) is 4.90 Å². The zero-order chi connectivity index (χ0) is 16.9. The molecule has 2 aromatic rings. The lowest BCUT2D eigenvalue weighted by atomic mass is 10.2. The number of rotatable bonds is 4. The Morgan fingerprint density at radius 3 is 2.38 bits per heavy atom. The molecule has 0 saturated carbocycles. The second-order valence-corrected chi connectivity index (χ2v) is 5.60. The molecule has 3 rings (SSSR count). The summed E-state index contributed by atoms with van der Waals surface area (Å²) in [5, 5.41) is 9.90. The van der Waals surface area contributed by atoms with Gasteiger partial charge in [0.15, 0.2) is 6.61 Å². The van der Waals surface area contributed by atoms with Crippen LogP contribution in [0.3, 0.4) is 0 Å². The summed E-state index contributed by atoms with van der Waals surface area (Å²) in [6.45, 7) is 2.38. The fourth-order valence-electron chi connectivity index (χ4n) is 2.70. The molecule has 24 heavy (non-hydrogen) atoms. The summed E-state index contributed by atoms with van der Waals surface area (Å²) >= 11 is 0. The smallest absolute Gasteiger partial charge is 0.260 e. The molecule has 0 unspecified atom stereocenters. The largest absolute Gasteiger partial charge is 0.506 e. The SMILES string of the molecule is O=C(COc1ccc(F)cc1)N1CCN(c2ccccc2O)CC1. The maximum atomic E-state index is 12.8. The van der Waals surface area contributed by atoms with E-state index >= 15 is 0 Å². The normalized spacial score (nSPS) is 14.5. The number of carbonyl (C=O) groups is 1. The van der Waals surface area contributed by atoms with E-state index in [2.05, 4.69) is 4.90 Å². The van der Waals surface area contributed by atoms with Gasteiger partial charge in [0.25, 0.3) is 5.91 Å². The van der Waals surface area contributed by atoms with Crippen LogP contribution in [0.5, 0.6) is 11.5 Å². The number of anilines is 1. The highest BCUT2D eigenvalue weighted by atomic mass is 19.1. The van der Waals surface area contributed by atoms with E-state index in [0.29, 0.717) is 31.9 Å². The van der Waals surface area contributed by atoms with Crippen molar-refractivity contribution in [2.24, 2.45) is 0 Å². The summed E-state index contributed by atoms with van der Waals surface area (Å²) in [4.78, 5) is 16.0. The standard InChI is InChI=1S/C18H19FN2O3/c19-14-5-7-15(8-6-14)24-13-18(23)21-11-9-20(10-12-21)16-3-1-2-4-17(16)22/h1-8,22H,9-13H2. The number of phenolic OH excluding ortho intramolecular Hbond substituents is 1. The molecule has 1 aliphatic rings. The van der Waals surface area contributed by atoms with E-state index in [0.717, 1.165) is 5.69 Å². The van der Waals surface area contributed by atoms with Gasteiger partial charge in [0, 0.05) is 26.2 Å². The van der Waals surface area contributed by atoms with Crippen molar-refractivity contribution in [1.29, 1.82) is 0 Å².